The van der Waals surface area contributed by atoms with Crippen LogP contribution in [0.4, 0.5) is 0 Å². The van der Waals surface area contributed by atoms with Gasteiger partial charge in [-0.3, -0.25) is 14.4 Å². The number of esters is 3. The molecule has 6 heteroatoms. The van der Waals surface area contributed by atoms with Gasteiger partial charge in [0.15, 0.2) is 6.10 Å². The topological polar surface area (TPSA) is 78.9 Å². The molecule has 0 N–H and O–H groups in total. The van der Waals surface area contributed by atoms with Crippen LogP contribution in [0.1, 0.15) is 271 Å². The van der Waals surface area contributed by atoms with E-state index >= 15 is 0 Å². The van der Waals surface area contributed by atoms with Crippen molar-refractivity contribution in [1.29, 1.82) is 0 Å². The van der Waals surface area contributed by atoms with Crippen molar-refractivity contribution in [3.8, 4) is 0 Å². The van der Waals surface area contributed by atoms with E-state index in [2.05, 4.69) is 20.8 Å². The molecule has 0 rings (SSSR count). The lowest BCUT2D eigenvalue weighted by atomic mass is 10.0. The van der Waals surface area contributed by atoms with Crippen LogP contribution in [0.15, 0.2) is 0 Å². The van der Waals surface area contributed by atoms with Gasteiger partial charge in [-0.1, -0.05) is 233 Å². The van der Waals surface area contributed by atoms with Crippen molar-refractivity contribution < 1.29 is 28.6 Å². The summed E-state index contributed by atoms with van der Waals surface area (Å²) in [6, 6.07) is 0. The van der Waals surface area contributed by atoms with E-state index in [1.165, 1.54) is 173 Å². The maximum atomic E-state index is 12.7. The minimum Gasteiger partial charge on any atom is -0.462 e. The maximum absolute atomic E-state index is 12.7. The van der Waals surface area contributed by atoms with Gasteiger partial charge in [0.1, 0.15) is 13.2 Å². The normalized spacial score (nSPS) is 11.8. The van der Waals surface area contributed by atoms with Gasteiger partial charge in [-0.2, -0.15) is 0 Å². The van der Waals surface area contributed by atoms with Crippen LogP contribution < -0.4 is 0 Å². The molecule has 1 atom stereocenters. The number of carbonyl (C=O) groups excluding carboxylic acids is 3. The molecule has 0 aromatic rings. The number of hydrogen-bond acceptors (Lipinski definition) is 6. The fraction of sp³-hybridized carbons (Fsp3) is 0.938. The molecule has 0 fully saturated rings. The van der Waals surface area contributed by atoms with Gasteiger partial charge in [0.25, 0.3) is 0 Å². The maximum Gasteiger partial charge on any atom is 0.306 e. The zero-order valence-corrected chi connectivity index (χ0v) is 36.5. The van der Waals surface area contributed by atoms with E-state index in [0.717, 1.165) is 57.8 Å². The van der Waals surface area contributed by atoms with Gasteiger partial charge in [-0.15, -0.1) is 0 Å². The van der Waals surface area contributed by atoms with Crippen LogP contribution in [-0.2, 0) is 28.6 Å². The molecule has 0 aliphatic rings. The number of rotatable bonds is 44. The lowest BCUT2D eigenvalue weighted by Gasteiger charge is -2.18. The lowest BCUT2D eigenvalue weighted by Crippen LogP contribution is -2.30. The van der Waals surface area contributed by atoms with Crippen molar-refractivity contribution in [3.63, 3.8) is 0 Å². The standard InChI is InChI=1S/C48H92O6/c1-4-7-10-13-16-18-20-22-23-24-25-26-28-29-32-35-38-41-47(50)53-44-45(43-52-46(49)40-37-34-31-15-12-9-6-3)54-48(51)42-39-36-33-30-27-21-19-17-14-11-8-5-2/h45H,4-44H2,1-3H3/t45-/m0/s1. The first-order valence-corrected chi connectivity index (χ1v) is 24.0. The summed E-state index contributed by atoms with van der Waals surface area (Å²) in [6.45, 7) is 6.62. The molecule has 0 bridgehead atoms. The smallest absolute Gasteiger partial charge is 0.306 e. The van der Waals surface area contributed by atoms with Crippen LogP contribution in [0.2, 0.25) is 0 Å². The fourth-order valence-electron chi connectivity index (χ4n) is 7.21. The monoisotopic (exact) mass is 765 g/mol. The van der Waals surface area contributed by atoms with Crippen LogP contribution in [0.5, 0.6) is 0 Å². The summed E-state index contributed by atoms with van der Waals surface area (Å²) in [5.41, 5.74) is 0. The number of unbranched alkanes of at least 4 members (excludes halogenated alkanes) is 33. The Balaban J connectivity index is 4.20. The zero-order chi connectivity index (χ0) is 39.4. The molecule has 54 heavy (non-hydrogen) atoms. The van der Waals surface area contributed by atoms with Gasteiger partial charge in [0.05, 0.1) is 0 Å². The molecule has 320 valence electrons. The summed E-state index contributed by atoms with van der Waals surface area (Å²) in [5, 5.41) is 0. The van der Waals surface area contributed by atoms with E-state index in [0.29, 0.717) is 19.3 Å². The highest BCUT2D eigenvalue weighted by Gasteiger charge is 2.19. The second kappa shape index (κ2) is 44.1. The third kappa shape index (κ3) is 41.6. The van der Waals surface area contributed by atoms with Crippen molar-refractivity contribution in [2.24, 2.45) is 0 Å². The van der Waals surface area contributed by atoms with Gasteiger partial charge in [0, 0.05) is 19.3 Å². The molecule has 0 heterocycles. The summed E-state index contributed by atoms with van der Waals surface area (Å²) in [6.07, 6.45) is 45.2. The van der Waals surface area contributed by atoms with Crippen molar-refractivity contribution in [1.82, 2.24) is 0 Å². The van der Waals surface area contributed by atoms with E-state index < -0.39 is 6.10 Å². The highest BCUT2D eigenvalue weighted by Crippen LogP contribution is 2.16. The molecular formula is C48H92O6. The first-order valence-electron chi connectivity index (χ1n) is 24.0. The molecule has 0 aliphatic heterocycles. The van der Waals surface area contributed by atoms with Crippen molar-refractivity contribution >= 4 is 17.9 Å². The van der Waals surface area contributed by atoms with Crippen LogP contribution >= 0.6 is 0 Å². The Labute approximate surface area is 336 Å². The second-order valence-electron chi connectivity index (χ2n) is 16.4. The van der Waals surface area contributed by atoms with Crippen molar-refractivity contribution in [3.05, 3.63) is 0 Å². The summed E-state index contributed by atoms with van der Waals surface area (Å²) in [4.78, 5) is 37.6. The van der Waals surface area contributed by atoms with Crippen molar-refractivity contribution in [2.45, 2.75) is 277 Å². The fourth-order valence-corrected chi connectivity index (χ4v) is 7.21. The molecule has 0 aliphatic carbocycles. The SMILES string of the molecule is CCCCCCCCCCCCCCCCCCCC(=O)OC[C@H](COC(=O)CCCCCCCCC)OC(=O)CCCCCCCCCCCCCC. The second-order valence-corrected chi connectivity index (χ2v) is 16.4. The molecule has 0 spiro atoms. The molecule has 0 radical (unpaired) electrons. The Morgan fingerprint density at radius 2 is 0.500 bits per heavy atom. The van der Waals surface area contributed by atoms with Crippen molar-refractivity contribution in [2.75, 3.05) is 13.2 Å². The number of ether oxygens (including phenoxy) is 3. The Hall–Kier alpha value is -1.59. The Kier molecular flexibility index (Phi) is 42.8. The van der Waals surface area contributed by atoms with Crippen LogP contribution in [0, 0.1) is 0 Å². The quantitative estimate of drug-likeness (QED) is 0.0349. The minimum atomic E-state index is -0.757. The summed E-state index contributed by atoms with van der Waals surface area (Å²) in [7, 11) is 0. The first kappa shape index (κ1) is 52.4. The zero-order valence-electron chi connectivity index (χ0n) is 36.5. The molecule has 0 aromatic heterocycles. The van der Waals surface area contributed by atoms with Gasteiger partial charge in [-0.25, -0.2) is 0 Å². The Morgan fingerprint density at radius 1 is 0.296 bits per heavy atom. The predicted molar refractivity (Wildman–Crippen MR) is 229 cm³/mol. The summed E-state index contributed by atoms with van der Waals surface area (Å²) < 4.78 is 16.7. The van der Waals surface area contributed by atoms with Gasteiger partial charge < -0.3 is 14.2 Å². The molecular weight excluding hydrogens is 673 g/mol. The summed E-state index contributed by atoms with van der Waals surface area (Å²) >= 11 is 0. The van der Waals surface area contributed by atoms with Gasteiger partial charge in [-0.05, 0) is 19.3 Å². The minimum absolute atomic E-state index is 0.0628. The number of carbonyl (C=O) groups is 3. The highest BCUT2D eigenvalue weighted by molar-refractivity contribution is 5.71. The predicted octanol–water partition coefficient (Wildman–Crippen LogP) is 15.3. The van der Waals surface area contributed by atoms with E-state index in [1.54, 1.807) is 0 Å². The molecule has 0 aromatic carbocycles. The molecule has 6 nitrogen and oxygen atoms in total. The highest BCUT2D eigenvalue weighted by atomic mass is 16.6. The average Bonchev–Trinajstić information content (AvgIpc) is 3.17. The number of hydrogen-bond donors (Lipinski definition) is 0. The van der Waals surface area contributed by atoms with Gasteiger partial charge >= 0.3 is 17.9 Å². The van der Waals surface area contributed by atoms with E-state index in [-0.39, 0.29) is 31.1 Å². The third-order valence-corrected chi connectivity index (χ3v) is 10.9. The van der Waals surface area contributed by atoms with Crippen LogP contribution in [0.25, 0.3) is 0 Å². The van der Waals surface area contributed by atoms with E-state index in [9.17, 15) is 14.4 Å². The first-order chi connectivity index (χ1) is 26.5. The van der Waals surface area contributed by atoms with Gasteiger partial charge in [0.2, 0.25) is 0 Å². The molecule has 0 saturated heterocycles. The molecule has 0 saturated carbocycles. The largest absolute Gasteiger partial charge is 0.462 e. The molecule has 0 unspecified atom stereocenters. The molecule has 0 amide bonds. The van der Waals surface area contributed by atoms with E-state index in [1.807, 2.05) is 0 Å². The summed E-state index contributed by atoms with van der Waals surface area (Å²) in [5.74, 6) is -0.854. The Bertz CT molecular complexity index is 798. The third-order valence-electron chi connectivity index (χ3n) is 10.9. The van der Waals surface area contributed by atoms with Crippen LogP contribution in [0.3, 0.4) is 0 Å². The average molecular weight is 765 g/mol. The lowest BCUT2D eigenvalue weighted by molar-refractivity contribution is -0.167. The van der Waals surface area contributed by atoms with Crippen LogP contribution in [-0.4, -0.2) is 37.2 Å². The van der Waals surface area contributed by atoms with E-state index in [4.69, 9.17) is 14.2 Å². The Morgan fingerprint density at radius 3 is 0.741 bits per heavy atom.